The van der Waals surface area contributed by atoms with Crippen LogP contribution in [0.15, 0.2) is 46.3 Å². The van der Waals surface area contributed by atoms with Gasteiger partial charge in [-0.05, 0) is 24.0 Å². The van der Waals surface area contributed by atoms with Crippen molar-refractivity contribution in [3.63, 3.8) is 0 Å². The van der Waals surface area contributed by atoms with Crippen molar-refractivity contribution < 1.29 is 14.3 Å². The standard InChI is InChI=1S/C21H18N2O3S2/c1-3-8-23-16-12-17-18(26-10-9-25-17)13-19(16)28-21(23)22-20(24)14-6-5-7-15(11-14)27-4-2/h1,5-7,11-13H,4,8-10H2,2H3. The average Bonchev–Trinajstić information content (AvgIpc) is 3.03. The fourth-order valence-electron chi connectivity index (χ4n) is 2.97. The van der Waals surface area contributed by atoms with Crippen LogP contribution in [0.5, 0.6) is 11.5 Å². The third-order valence-corrected chi connectivity index (χ3v) is 6.10. The number of carbonyl (C=O) groups excluding carboxylic acids is 1. The van der Waals surface area contributed by atoms with Crippen LogP contribution in [0.25, 0.3) is 10.2 Å². The number of amides is 1. The summed E-state index contributed by atoms with van der Waals surface area (Å²) in [7, 11) is 0. The lowest BCUT2D eigenvalue weighted by Gasteiger charge is -2.18. The minimum absolute atomic E-state index is 0.284. The van der Waals surface area contributed by atoms with Crippen molar-refractivity contribution >= 4 is 39.2 Å². The lowest BCUT2D eigenvalue weighted by atomic mass is 10.2. The number of ether oxygens (including phenoxy) is 2. The largest absolute Gasteiger partial charge is 0.486 e. The maximum atomic E-state index is 12.8. The fourth-order valence-corrected chi connectivity index (χ4v) is 4.73. The zero-order chi connectivity index (χ0) is 19.5. The number of aromatic nitrogens is 1. The number of thiazole rings is 1. The molecule has 28 heavy (non-hydrogen) atoms. The van der Waals surface area contributed by atoms with E-state index < -0.39 is 0 Å². The van der Waals surface area contributed by atoms with E-state index in [1.165, 1.54) is 11.3 Å². The van der Waals surface area contributed by atoms with Crippen molar-refractivity contribution in [1.29, 1.82) is 0 Å². The van der Waals surface area contributed by atoms with Crippen LogP contribution in [0.2, 0.25) is 0 Å². The van der Waals surface area contributed by atoms with Crippen molar-refractivity contribution in [3.8, 4) is 23.8 Å². The quantitative estimate of drug-likeness (QED) is 0.483. The molecule has 1 aliphatic rings. The van der Waals surface area contributed by atoms with Gasteiger partial charge in [0.05, 0.1) is 16.8 Å². The van der Waals surface area contributed by atoms with Gasteiger partial charge in [0.15, 0.2) is 16.3 Å². The van der Waals surface area contributed by atoms with Crippen LogP contribution in [-0.4, -0.2) is 29.4 Å². The van der Waals surface area contributed by atoms with E-state index in [-0.39, 0.29) is 5.91 Å². The number of terminal acetylenes is 1. The van der Waals surface area contributed by atoms with Crippen LogP contribution in [0.4, 0.5) is 0 Å². The Hall–Kier alpha value is -2.69. The van der Waals surface area contributed by atoms with Crippen LogP contribution >= 0.6 is 23.1 Å². The van der Waals surface area contributed by atoms with Crippen molar-refractivity contribution in [1.82, 2.24) is 4.57 Å². The third kappa shape index (κ3) is 3.66. The lowest BCUT2D eigenvalue weighted by molar-refractivity contribution is 0.0997. The van der Waals surface area contributed by atoms with E-state index in [1.807, 2.05) is 34.9 Å². The Bertz CT molecular complexity index is 1150. The molecule has 0 radical (unpaired) electrons. The smallest absolute Gasteiger partial charge is 0.279 e. The molecule has 0 fully saturated rings. The molecule has 5 nitrogen and oxygen atoms in total. The van der Waals surface area contributed by atoms with Crippen molar-refractivity contribution in [2.75, 3.05) is 19.0 Å². The Kier molecular flexibility index (Phi) is 5.42. The van der Waals surface area contributed by atoms with Gasteiger partial charge in [-0.2, -0.15) is 4.99 Å². The summed E-state index contributed by atoms with van der Waals surface area (Å²) in [6, 6.07) is 11.4. The van der Waals surface area contributed by atoms with Crippen molar-refractivity contribution in [2.24, 2.45) is 4.99 Å². The second kappa shape index (κ2) is 8.13. The molecule has 1 amide bonds. The Balaban J connectivity index is 1.80. The molecule has 142 valence electrons. The van der Waals surface area contributed by atoms with Crippen LogP contribution in [-0.2, 0) is 6.54 Å². The molecule has 0 saturated heterocycles. The number of benzene rings is 2. The number of rotatable bonds is 4. The van der Waals surface area contributed by atoms with Gasteiger partial charge in [0.2, 0.25) is 0 Å². The molecular weight excluding hydrogens is 392 g/mol. The predicted molar refractivity (Wildman–Crippen MR) is 112 cm³/mol. The van der Waals surface area contributed by atoms with Gasteiger partial charge in [-0.1, -0.05) is 30.2 Å². The highest BCUT2D eigenvalue weighted by Crippen LogP contribution is 2.35. The molecule has 2 heterocycles. The van der Waals surface area contributed by atoms with Crippen molar-refractivity contribution in [2.45, 2.75) is 18.4 Å². The normalized spacial score (nSPS) is 13.5. The first kappa shape index (κ1) is 18.7. The topological polar surface area (TPSA) is 52.8 Å². The Morgan fingerprint density at radius 3 is 2.82 bits per heavy atom. The summed E-state index contributed by atoms with van der Waals surface area (Å²) >= 11 is 3.10. The van der Waals surface area contributed by atoms with Gasteiger partial charge in [-0.15, -0.1) is 18.2 Å². The Morgan fingerprint density at radius 1 is 1.29 bits per heavy atom. The van der Waals surface area contributed by atoms with E-state index in [2.05, 4.69) is 17.8 Å². The highest BCUT2D eigenvalue weighted by Gasteiger charge is 2.17. The molecule has 4 rings (SSSR count). The summed E-state index contributed by atoms with van der Waals surface area (Å²) in [6.45, 7) is 3.43. The first-order valence-corrected chi connectivity index (χ1v) is 10.7. The summed E-state index contributed by atoms with van der Waals surface area (Å²) in [4.78, 5) is 18.8. The summed E-state index contributed by atoms with van der Waals surface area (Å²) in [5.74, 6) is 4.70. The maximum Gasteiger partial charge on any atom is 0.279 e. The minimum atomic E-state index is -0.284. The molecule has 2 aromatic carbocycles. The fraction of sp³-hybridized carbons (Fsp3) is 0.238. The van der Waals surface area contributed by atoms with Gasteiger partial charge < -0.3 is 14.0 Å². The molecule has 0 N–H and O–H groups in total. The van der Waals surface area contributed by atoms with E-state index in [9.17, 15) is 4.79 Å². The third-order valence-electron chi connectivity index (χ3n) is 4.19. The maximum absolute atomic E-state index is 12.8. The molecule has 7 heteroatoms. The molecule has 0 aliphatic carbocycles. The number of fused-ring (bicyclic) bond motifs is 2. The Labute approximate surface area is 171 Å². The van der Waals surface area contributed by atoms with E-state index >= 15 is 0 Å². The zero-order valence-electron chi connectivity index (χ0n) is 15.3. The van der Waals surface area contributed by atoms with Gasteiger partial charge >= 0.3 is 0 Å². The summed E-state index contributed by atoms with van der Waals surface area (Å²) in [6.07, 6.45) is 5.56. The van der Waals surface area contributed by atoms with Gasteiger partial charge in [0, 0.05) is 22.6 Å². The lowest BCUT2D eigenvalue weighted by Crippen LogP contribution is -2.17. The molecule has 0 bridgehead atoms. The van der Waals surface area contributed by atoms with Gasteiger partial charge in [-0.25, -0.2) is 0 Å². The zero-order valence-corrected chi connectivity index (χ0v) is 16.9. The highest BCUT2D eigenvalue weighted by atomic mass is 32.2. The highest BCUT2D eigenvalue weighted by molar-refractivity contribution is 7.99. The van der Waals surface area contributed by atoms with Gasteiger partial charge in [0.1, 0.15) is 13.2 Å². The number of thioether (sulfide) groups is 1. The second-order valence-electron chi connectivity index (χ2n) is 6.02. The SMILES string of the molecule is C#CCn1c(=NC(=O)c2cccc(SCC)c2)sc2cc3c(cc21)OCCO3. The minimum Gasteiger partial charge on any atom is -0.486 e. The van der Waals surface area contributed by atoms with E-state index in [4.69, 9.17) is 15.9 Å². The average molecular weight is 411 g/mol. The van der Waals surface area contributed by atoms with Crippen LogP contribution in [0.1, 0.15) is 17.3 Å². The first-order chi connectivity index (χ1) is 13.7. The summed E-state index contributed by atoms with van der Waals surface area (Å²) in [5, 5.41) is 0. The monoisotopic (exact) mass is 410 g/mol. The van der Waals surface area contributed by atoms with Gasteiger partial charge in [0.25, 0.3) is 5.91 Å². The van der Waals surface area contributed by atoms with E-state index in [0.29, 0.717) is 41.6 Å². The second-order valence-corrected chi connectivity index (χ2v) is 8.36. The molecular formula is C21H18N2O3S2. The molecule has 1 aromatic heterocycles. The molecule has 1 aliphatic heterocycles. The molecule has 0 saturated carbocycles. The van der Waals surface area contributed by atoms with E-state index in [1.54, 1.807) is 17.8 Å². The van der Waals surface area contributed by atoms with E-state index in [0.717, 1.165) is 20.9 Å². The molecule has 0 atom stereocenters. The number of nitrogens with zero attached hydrogens (tertiary/aromatic N) is 2. The van der Waals surface area contributed by atoms with Crippen LogP contribution in [0, 0.1) is 12.3 Å². The Morgan fingerprint density at radius 2 is 2.07 bits per heavy atom. The predicted octanol–water partition coefficient (Wildman–Crippen LogP) is 3.96. The summed E-state index contributed by atoms with van der Waals surface area (Å²) < 4.78 is 14.1. The molecule has 3 aromatic rings. The van der Waals surface area contributed by atoms with Crippen LogP contribution in [0.3, 0.4) is 0 Å². The number of hydrogen-bond acceptors (Lipinski definition) is 5. The molecule has 0 spiro atoms. The summed E-state index contributed by atoms with van der Waals surface area (Å²) in [5.41, 5.74) is 1.45. The van der Waals surface area contributed by atoms with Crippen LogP contribution < -0.4 is 14.3 Å². The van der Waals surface area contributed by atoms with Gasteiger partial charge in [-0.3, -0.25) is 4.79 Å². The first-order valence-electron chi connectivity index (χ1n) is 8.88. The number of carbonyl (C=O) groups is 1. The van der Waals surface area contributed by atoms with Crippen molar-refractivity contribution in [3.05, 3.63) is 46.8 Å². The number of hydrogen-bond donors (Lipinski definition) is 0. The molecule has 0 unspecified atom stereocenters.